The first-order valence-electron chi connectivity index (χ1n) is 6.44. The number of benzene rings is 2. The molecule has 0 atom stereocenters. The van der Waals surface area contributed by atoms with E-state index in [1.807, 2.05) is 24.3 Å². The molecule has 0 aliphatic heterocycles. The Balaban J connectivity index is 1.97. The number of ether oxygens (including phenoxy) is 1. The van der Waals surface area contributed by atoms with Gasteiger partial charge in [0.05, 0.1) is 18.6 Å². The maximum Gasteiger partial charge on any atom is 0.126 e. The minimum absolute atomic E-state index is 0.209. The van der Waals surface area contributed by atoms with Gasteiger partial charge in [-0.2, -0.15) is 5.26 Å². The van der Waals surface area contributed by atoms with Gasteiger partial charge in [-0.15, -0.1) is 0 Å². The fraction of sp³-hybridized carbons (Fsp3) is 0.235. The van der Waals surface area contributed by atoms with E-state index in [2.05, 4.69) is 30.3 Å². The van der Waals surface area contributed by atoms with Gasteiger partial charge in [0.1, 0.15) is 5.75 Å². The first-order valence-corrected chi connectivity index (χ1v) is 6.44. The molecular weight excluding hydrogens is 234 g/mol. The molecule has 0 spiro atoms. The van der Waals surface area contributed by atoms with Crippen molar-refractivity contribution in [3.05, 3.63) is 54.1 Å². The highest BCUT2D eigenvalue weighted by Gasteiger charge is 2.44. The van der Waals surface area contributed by atoms with Gasteiger partial charge in [0.2, 0.25) is 0 Å². The van der Waals surface area contributed by atoms with Crippen LogP contribution >= 0.6 is 0 Å². The van der Waals surface area contributed by atoms with Crippen LogP contribution in [0.15, 0.2) is 48.5 Å². The number of nitriles is 1. The van der Waals surface area contributed by atoms with Gasteiger partial charge >= 0.3 is 0 Å². The van der Waals surface area contributed by atoms with E-state index in [0.29, 0.717) is 0 Å². The van der Waals surface area contributed by atoms with E-state index in [1.54, 1.807) is 7.11 Å². The van der Waals surface area contributed by atoms with Crippen molar-refractivity contribution in [3.8, 4) is 22.9 Å². The van der Waals surface area contributed by atoms with Crippen LogP contribution in [0.1, 0.15) is 18.4 Å². The fourth-order valence-electron chi connectivity index (χ4n) is 2.44. The van der Waals surface area contributed by atoms with Gasteiger partial charge in [-0.3, -0.25) is 0 Å². The van der Waals surface area contributed by atoms with Crippen LogP contribution in [0.3, 0.4) is 0 Å². The lowest BCUT2D eigenvalue weighted by Gasteiger charge is -2.10. The lowest BCUT2D eigenvalue weighted by Crippen LogP contribution is -2.01. The van der Waals surface area contributed by atoms with E-state index < -0.39 is 0 Å². The average molecular weight is 249 g/mol. The maximum atomic E-state index is 9.21. The van der Waals surface area contributed by atoms with Crippen LogP contribution in [-0.4, -0.2) is 7.11 Å². The Kier molecular flexibility index (Phi) is 2.76. The van der Waals surface area contributed by atoms with Crippen molar-refractivity contribution in [1.29, 1.82) is 5.26 Å². The first kappa shape index (κ1) is 11.8. The Bertz CT molecular complexity index is 633. The molecule has 0 heterocycles. The number of para-hydroxylation sites is 1. The summed E-state index contributed by atoms with van der Waals surface area (Å²) in [6.45, 7) is 0. The standard InChI is InChI=1S/C17H15NO/c1-19-16-5-3-2-4-15(16)13-6-8-14(9-7-13)17(12-18)10-11-17/h2-9H,10-11H2,1H3. The highest BCUT2D eigenvalue weighted by atomic mass is 16.5. The molecule has 0 saturated heterocycles. The van der Waals surface area contributed by atoms with Crippen LogP contribution < -0.4 is 4.74 Å². The van der Waals surface area contributed by atoms with E-state index in [4.69, 9.17) is 4.74 Å². The van der Waals surface area contributed by atoms with Crippen molar-refractivity contribution in [3.63, 3.8) is 0 Å². The minimum atomic E-state index is -0.209. The molecule has 19 heavy (non-hydrogen) atoms. The van der Waals surface area contributed by atoms with E-state index in [9.17, 15) is 5.26 Å². The van der Waals surface area contributed by atoms with E-state index in [1.165, 1.54) is 0 Å². The molecule has 1 saturated carbocycles. The van der Waals surface area contributed by atoms with Crippen molar-refractivity contribution in [2.75, 3.05) is 7.11 Å². The Labute approximate surface area is 113 Å². The van der Waals surface area contributed by atoms with Crippen molar-refractivity contribution < 1.29 is 4.74 Å². The van der Waals surface area contributed by atoms with Gasteiger partial charge in [-0.25, -0.2) is 0 Å². The van der Waals surface area contributed by atoms with Crippen LogP contribution in [0.2, 0.25) is 0 Å². The molecule has 0 amide bonds. The van der Waals surface area contributed by atoms with Gasteiger partial charge in [0.15, 0.2) is 0 Å². The zero-order chi connectivity index (χ0) is 13.3. The van der Waals surface area contributed by atoms with E-state index >= 15 is 0 Å². The Hall–Kier alpha value is -2.27. The van der Waals surface area contributed by atoms with Crippen LogP contribution in [0.4, 0.5) is 0 Å². The molecule has 0 bridgehead atoms. The van der Waals surface area contributed by atoms with Gasteiger partial charge in [-0.1, -0.05) is 42.5 Å². The summed E-state index contributed by atoms with van der Waals surface area (Å²) in [5.41, 5.74) is 3.13. The van der Waals surface area contributed by atoms with E-state index in [0.717, 1.165) is 35.3 Å². The molecule has 1 aliphatic carbocycles. The van der Waals surface area contributed by atoms with Crippen LogP contribution in [0.25, 0.3) is 11.1 Å². The Morgan fingerprint density at radius 2 is 1.74 bits per heavy atom. The fourth-order valence-corrected chi connectivity index (χ4v) is 2.44. The molecular formula is C17H15NO. The van der Waals surface area contributed by atoms with Crippen molar-refractivity contribution in [1.82, 2.24) is 0 Å². The number of rotatable bonds is 3. The summed E-state index contributed by atoms with van der Waals surface area (Å²) in [5.74, 6) is 0.872. The van der Waals surface area contributed by atoms with Gasteiger partial charge in [0, 0.05) is 5.56 Å². The normalized spacial score (nSPS) is 15.6. The van der Waals surface area contributed by atoms with E-state index in [-0.39, 0.29) is 5.41 Å². The summed E-state index contributed by atoms with van der Waals surface area (Å²) in [6.07, 6.45) is 1.97. The van der Waals surface area contributed by atoms with Crippen LogP contribution in [-0.2, 0) is 5.41 Å². The minimum Gasteiger partial charge on any atom is -0.496 e. The summed E-state index contributed by atoms with van der Waals surface area (Å²) in [6, 6.07) is 18.7. The molecule has 2 nitrogen and oxygen atoms in total. The van der Waals surface area contributed by atoms with Crippen molar-refractivity contribution in [2.45, 2.75) is 18.3 Å². The molecule has 0 aromatic heterocycles. The zero-order valence-electron chi connectivity index (χ0n) is 10.9. The maximum absolute atomic E-state index is 9.21. The van der Waals surface area contributed by atoms with Crippen molar-refractivity contribution in [2.24, 2.45) is 0 Å². The largest absolute Gasteiger partial charge is 0.496 e. The molecule has 1 aliphatic rings. The first-order chi connectivity index (χ1) is 9.29. The SMILES string of the molecule is COc1ccccc1-c1ccc(C2(C#N)CC2)cc1. The number of hydrogen-bond donors (Lipinski definition) is 0. The molecule has 2 heteroatoms. The lowest BCUT2D eigenvalue weighted by atomic mass is 9.95. The number of nitrogens with zero attached hydrogens (tertiary/aromatic N) is 1. The highest BCUT2D eigenvalue weighted by molar-refractivity contribution is 5.70. The monoisotopic (exact) mass is 249 g/mol. The number of hydrogen-bond acceptors (Lipinski definition) is 2. The second-order valence-electron chi connectivity index (χ2n) is 4.97. The second-order valence-corrected chi connectivity index (χ2v) is 4.97. The van der Waals surface area contributed by atoms with Gasteiger partial charge < -0.3 is 4.74 Å². The van der Waals surface area contributed by atoms with Gasteiger partial charge in [0.25, 0.3) is 0 Å². The zero-order valence-corrected chi connectivity index (χ0v) is 10.9. The topological polar surface area (TPSA) is 33.0 Å². The molecule has 0 radical (unpaired) electrons. The predicted molar refractivity (Wildman–Crippen MR) is 75.0 cm³/mol. The third-order valence-corrected chi connectivity index (χ3v) is 3.82. The quantitative estimate of drug-likeness (QED) is 0.826. The molecule has 1 fully saturated rings. The molecule has 0 unspecified atom stereocenters. The second kappa shape index (κ2) is 4.44. The van der Waals surface area contributed by atoms with Crippen LogP contribution in [0.5, 0.6) is 5.75 Å². The molecule has 2 aromatic rings. The third-order valence-electron chi connectivity index (χ3n) is 3.82. The summed E-state index contributed by atoms with van der Waals surface area (Å²) >= 11 is 0. The Morgan fingerprint density at radius 3 is 2.32 bits per heavy atom. The molecule has 0 N–H and O–H groups in total. The highest BCUT2D eigenvalue weighted by Crippen LogP contribution is 2.47. The Morgan fingerprint density at radius 1 is 1.05 bits per heavy atom. The molecule has 3 rings (SSSR count). The molecule has 94 valence electrons. The van der Waals surface area contributed by atoms with Gasteiger partial charge in [-0.05, 0) is 30.0 Å². The van der Waals surface area contributed by atoms with Crippen LogP contribution in [0, 0.1) is 11.3 Å². The van der Waals surface area contributed by atoms with Crippen molar-refractivity contribution >= 4 is 0 Å². The average Bonchev–Trinajstić information content (AvgIpc) is 3.28. The smallest absolute Gasteiger partial charge is 0.126 e. The molecule has 2 aromatic carbocycles. The summed E-state index contributed by atoms with van der Waals surface area (Å²) in [5, 5.41) is 9.21. The lowest BCUT2D eigenvalue weighted by molar-refractivity contribution is 0.416. The predicted octanol–water partition coefficient (Wildman–Crippen LogP) is 3.92. The summed E-state index contributed by atoms with van der Waals surface area (Å²) in [4.78, 5) is 0. The summed E-state index contributed by atoms with van der Waals surface area (Å²) < 4.78 is 5.38. The number of methoxy groups -OCH3 is 1. The third kappa shape index (κ3) is 1.98. The summed E-state index contributed by atoms with van der Waals surface area (Å²) in [7, 11) is 1.68.